The maximum Gasteiger partial charge on any atom is 0.238 e. The van der Waals surface area contributed by atoms with Crippen molar-refractivity contribution in [2.75, 3.05) is 0 Å². The van der Waals surface area contributed by atoms with Crippen molar-refractivity contribution in [3.05, 3.63) is 29.8 Å². The van der Waals surface area contributed by atoms with Gasteiger partial charge in [-0.25, -0.2) is 17.9 Å². The van der Waals surface area contributed by atoms with E-state index in [1.54, 1.807) is 0 Å². The highest BCUT2D eigenvalue weighted by molar-refractivity contribution is 9.09. The molecule has 0 radical (unpaired) electrons. The number of primary sulfonamides is 1. The van der Waals surface area contributed by atoms with Crippen LogP contribution < -0.4 is 5.14 Å². The third-order valence-electron chi connectivity index (χ3n) is 1.66. The van der Waals surface area contributed by atoms with Crippen molar-refractivity contribution in [3.8, 4) is 0 Å². The molecule has 0 amide bonds. The fraction of sp³-hybridized carbons (Fsp3) is 0.125. The first-order chi connectivity index (χ1) is 6.84. The molecule has 0 aliphatic rings. The number of nitrogens with two attached hydrogens (primary N) is 1. The normalized spacial score (nSPS) is 13.5. The molecule has 1 rings (SSSR count). The van der Waals surface area contributed by atoms with E-state index in [9.17, 15) is 17.6 Å². The monoisotopic (exact) mass is 295 g/mol. The van der Waals surface area contributed by atoms with Crippen molar-refractivity contribution < 1.29 is 17.6 Å². The van der Waals surface area contributed by atoms with Gasteiger partial charge in [-0.1, -0.05) is 12.1 Å². The van der Waals surface area contributed by atoms with Crippen molar-refractivity contribution >= 4 is 31.7 Å². The molecule has 0 aliphatic heterocycles. The van der Waals surface area contributed by atoms with E-state index in [2.05, 4.69) is 15.9 Å². The molecule has 0 saturated heterocycles. The first kappa shape index (κ1) is 12.3. The highest BCUT2D eigenvalue weighted by atomic mass is 79.9. The van der Waals surface area contributed by atoms with Gasteiger partial charge < -0.3 is 0 Å². The average molecular weight is 296 g/mol. The summed E-state index contributed by atoms with van der Waals surface area (Å²) in [4.78, 5) is 10.9. The van der Waals surface area contributed by atoms with E-state index >= 15 is 0 Å². The van der Waals surface area contributed by atoms with Crippen LogP contribution in [0.3, 0.4) is 0 Å². The Labute approximate surface area is 94.5 Å². The lowest BCUT2D eigenvalue weighted by molar-refractivity contribution is 0.0939. The predicted octanol–water partition coefficient (Wildman–Crippen LogP) is 1.21. The molecule has 0 aliphatic carbocycles. The van der Waals surface area contributed by atoms with Crippen LogP contribution in [0.1, 0.15) is 10.4 Å². The second-order valence-electron chi connectivity index (χ2n) is 2.71. The van der Waals surface area contributed by atoms with Crippen molar-refractivity contribution in [2.24, 2.45) is 5.14 Å². The molecule has 7 heteroatoms. The van der Waals surface area contributed by atoms with Gasteiger partial charge in [-0.2, -0.15) is 0 Å². The highest BCUT2D eigenvalue weighted by Gasteiger charge is 2.23. The van der Waals surface area contributed by atoms with Gasteiger partial charge in [0.05, 0.1) is 4.90 Å². The molecule has 0 saturated carbocycles. The lowest BCUT2D eigenvalue weighted by atomic mass is 10.1. The zero-order valence-electron chi connectivity index (χ0n) is 7.35. The Morgan fingerprint density at radius 2 is 1.93 bits per heavy atom. The zero-order chi connectivity index (χ0) is 11.6. The SMILES string of the molecule is NS(=O)(=O)c1ccccc1C(=O)C(F)Br. The number of carbonyl (C=O) groups excluding carboxylic acids is 1. The highest BCUT2D eigenvalue weighted by Crippen LogP contribution is 2.18. The third-order valence-corrected chi connectivity index (χ3v) is 3.04. The van der Waals surface area contributed by atoms with E-state index in [-0.39, 0.29) is 10.5 Å². The Morgan fingerprint density at radius 1 is 1.40 bits per heavy atom. The van der Waals surface area contributed by atoms with Gasteiger partial charge in [-0.15, -0.1) is 0 Å². The van der Waals surface area contributed by atoms with E-state index < -0.39 is 20.9 Å². The summed E-state index contributed by atoms with van der Waals surface area (Å²) >= 11 is 2.43. The van der Waals surface area contributed by atoms with Crippen LogP contribution in [0.4, 0.5) is 4.39 Å². The predicted molar refractivity (Wildman–Crippen MR) is 56.0 cm³/mol. The van der Waals surface area contributed by atoms with Crippen molar-refractivity contribution in [1.82, 2.24) is 0 Å². The molecule has 0 aromatic heterocycles. The van der Waals surface area contributed by atoms with Crippen molar-refractivity contribution in [3.63, 3.8) is 0 Å². The minimum atomic E-state index is -4.02. The molecule has 2 N–H and O–H groups in total. The third kappa shape index (κ3) is 2.83. The summed E-state index contributed by atoms with van der Waals surface area (Å²) in [6.45, 7) is 0. The van der Waals surface area contributed by atoms with Gasteiger partial charge >= 0.3 is 0 Å². The standard InChI is InChI=1S/C8H7BrFNO3S/c9-8(10)7(12)5-3-1-2-4-6(5)15(11,13)14/h1-4,8H,(H2,11,13,14). The van der Waals surface area contributed by atoms with Crippen LogP contribution in [-0.4, -0.2) is 19.3 Å². The van der Waals surface area contributed by atoms with Gasteiger partial charge in [0, 0.05) is 5.56 Å². The number of hydrogen-bond donors (Lipinski definition) is 1. The molecule has 0 spiro atoms. The van der Waals surface area contributed by atoms with E-state index in [0.717, 1.165) is 6.07 Å². The molecule has 0 heterocycles. The van der Waals surface area contributed by atoms with Crippen molar-refractivity contribution in [2.45, 2.75) is 9.98 Å². The molecule has 4 nitrogen and oxygen atoms in total. The first-order valence-corrected chi connectivity index (χ1v) is 6.24. The number of hydrogen-bond acceptors (Lipinski definition) is 3. The molecule has 82 valence electrons. The van der Waals surface area contributed by atoms with Crippen molar-refractivity contribution in [1.29, 1.82) is 0 Å². The molecule has 0 fully saturated rings. The molecule has 0 bridgehead atoms. The number of Topliss-reactive ketones (excluding diaryl/α,β-unsaturated/α-hetero) is 1. The minimum Gasteiger partial charge on any atom is -0.290 e. The van der Waals surface area contributed by atoms with Gasteiger partial charge in [0.25, 0.3) is 0 Å². The number of halogens is 2. The van der Waals surface area contributed by atoms with Gasteiger partial charge in [-0.05, 0) is 28.1 Å². The number of ketones is 1. The first-order valence-electron chi connectivity index (χ1n) is 3.78. The summed E-state index contributed by atoms with van der Waals surface area (Å²) in [7, 11) is -4.02. The second-order valence-corrected chi connectivity index (χ2v) is 5.04. The van der Waals surface area contributed by atoms with Crippen LogP contribution in [0.5, 0.6) is 0 Å². The molecule has 1 aromatic carbocycles. The lowest BCUT2D eigenvalue weighted by Gasteiger charge is -2.05. The van der Waals surface area contributed by atoms with E-state index in [0.29, 0.717) is 0 Å². The second kappa shape index (κ2) is 4.38. The summed E-state index contributed by atoms with van der Waals surface area (Å²) in [6, 6.07) is 5.18. The molecule has 1 atom stereocenters. The summed E-state index contributed by atoms with van der Waals surface area (Å²) in [5, 5.41) is 2.93. The minimum absolute atomic E-state index is 0.260. The number of alkyl halides is 2. The van der Waals surface area contributed by atoms with Gasteiger partial charge in [0.15, 0.2) is 0 Å². The topological polar surface area (TPSA) is 77.2 Å². The van der Waals surface area contributed by atoms with Crippen LogP contribution in [0.2, 0.25) is 0 Å². The summed E-state index contributed by atoms with van der Waals surface area (Å²) in [5.74, 6) is -0.973. The van der Waals surface area contributed by atoms with Crippen LogP contribution in [-0.2, 0) is 10.0 Å². The fourth-order valence-electron chi connectivity index (χ4n) is 1.04. The summed E-state index contributed by atoms with van der Waals surface area (Å²) in [6.07, 6.45) is 0. The maximum absolute atomic E-state index is 12.7. The largest absolute Gasteiger partial charge is 0.290 e. The van der Waals surface area contributed by atoms with Crippen LogP contribution in [0.25, 0.3) is 0 Å². The van der Waals surface area contributed by atoms with Gasteiger partial charge in [0.1, 0.15) is 0 Å². The van der Waals surface area contributed by atoms with Crippen LogP contribution in [0, 0.1) is 0 Å². The quantitative estimate of drug-likeness (QED) is 0.672. The Morgan fingerprint density at radius 3 is 2.40 bits per heavy atom. The Kier molecular flexibility index (Phi) is 3.58. The molecule has 1 unspecified atom stereocenters. The van der Waals surface area contributed by atoms with Crippen LogP contribution in [0.15, 0.2) is 29.2 Å². The number of benzene rings is 1. The fourth-order valence-corrected chi connectivity index (χ4v) is 2.03. The zero-order valence-corrected chi connectivity index (χ0v) is 9.76. The van der Waals surface area contributed by atoms with Gasteiger partial charge in [0.2, 0.25) is 20.9 Å². The average Bonchev–Trinajstić information content (AvgIpc) is 2.15. The molecule has 1 aromatic rings. The summed E-state index contributed by atoms with van der Waals surface area (Å²) in [5.41, 5.74) is -0.260. The summed E-state index contributed by atoms with van der Waals surface area (Å²) < 4.78 is 34.8. The number of carbonyl (C=O) groups is 1. The van der Waals surface area contributed by atoms with Gasteiger partial charge in [-0.3, -0.25) is 4.79 Å². The molecule has 15 heavy (non-hydrogen) atoms. The lowest BCUT2D eigenvalue weighted by Crippen LogP contribution is -2.19. The Balaban J connectivity index is 3.38. The number of sulfonamides is 1. The molecular formula is C8H7BrFNO3S. The van der Waals surface area contributed by atoms with E-state index in [4.69, 9.17) is 5.14 Å². The maximum atomic E-state index is 12.7. The Bertz CT molecular complexity index is 486. The van der Waals surface area contributed by atoms with Crippen LogP contribution >= 0.6 is 15.9 Å². The van der Waals surface area contributed by atoms with E-state index in [1.165, 1.54) is 18.2 Å². The molecular weight excluding hydrogens is 289 g/mol. The Hall–Kier alpha value is -0.790. The van der Waals surface area contributed by atoms with E-state index in [1.807, 2.05) is 0 Å². The number of rotatable bonds is 3. The smallest absolute Gasteiger partial charge is 0.238 e.